The van der Waals surface area contributed by atoms with E-state index in [0.29, 0.717) is 17.6 Å². The van der Waals surface area contributed by atoms with Crippen LogP contribution in [0.3, 0.4) is 0 Å². The molecule has 4 aromatic rings. The Morgan fingerprint density at radius 3 is 2.64 bits per heavy atom. The lowest BCUT2D eigenvalue weighted by Gasteiger charge is -2.12. The topological polar surface area (TPSA) is 51.1 Å². The van der Waals surface area contributed by atoms with Gasteiger partial charge in [0.15, 0.2) is 0 Å². The Kier molecular flexibility index (Phi) is 5.90. The average molecular weight is 437 g/mol. The molecule has 4 rings (SSSR count). The number of rotatable bonds is 5. The molecule has 8 heteroatoms. The lowest BCUT2D eigenvalue weighted by molar-refractivity contribution is 0.588. The molecule has 28 heavy (non-hydrogen) atoms. The Hall–Kier alpha value is -2.19. The van der Waals surface area contributed by atoms with Crippen LogP contribution in [0.5, 0.6) is 0 Å². The Bertz CT molecular complexity index is 1230. The van der Waals surface area contributed by atoms with E-state index in [-0.39, 0.29) is 22.9 Å². The maximum absolute atomic E-state index is 14.4. The molecule has 0 bridgehead atoms. The van der Waals surface area contributed by atoms with E-state index in [4.69, 9.17) is 0 Å². The van der Waals surface area contributed by atoms with Gasteiger partial charge in [0.1, 0.15) is 5.82 Å². The summed E-state index contributed by atoms with van der Waals surface area (Å²) in [6.45, 7) is 0.479. The van der Waals surface area contributed by atoms with Crippen molar-refractivity contribution in [3.05, 3.63) is 77.6 Å². The molecule has 2 aromatic heterocycles. The number of fused-ring (bicyclic) bond motifs is 1. The van der Waals surface area contributed by atoms with Crippen LogP contribution in [0.25, 0.3) is 21.3 Å². The van der Waals surface area contributed by atoms with E-state index < -0.39 is 15.8 Å². The van der Waals surface area contributed by atoms with Crippen molar-refractivity contribution < 1.29 is 12.8 Å². The second-order valence-electron chi connectivity index (χ2n) is 6.13. The first kappa shape index (κ1) is 20.5. The van der Waals surface area contributed by atoms with Crippen LogP contribution in [0.2, 0.25) is 0 Å². The quantitative estimate of drug-likeness (QED) is 0.484. The number of hydrogen-bond donors (Lipinski definition) is 1. The summed E-state index contributed by atoms with van der Waals surface area (Å²) >= 11 is 1.49. The van der Waals surface area contributed by atoms with Gasteiger partial charge in [0.2, 0.25) is 0 Å². The van der Waals surface area contributed by atoms with E-state index in [1.807, 2.05) is 11.4 Å². The van der Waals surface area contributed by atoms with Crippen molar-refractivity contribution in [1.29, 1.82) is 0 Å². The molecule has 0 radical (unpaired) electrons. The molecule has 0 spiro atoms. The molecular formula is C20H18ClFN2O2S2. The number of hydrogen-bond acceptors (Lipinski definition) is 4. The first-order chi connectivity index (χ1) is 13.0. The van der Waals surface area contributed by atoms with Crippen LogP contribution in [0, 0.1) is 5.82 Å². The zero-order valence-corrected chi connectivity index (χ0v) is 17.4. The number of benzene rings is 2. The number of nitrogens with one attached hydrogen (secondary N) is 1. The van der Waals surface area contributed by atoms with Crippen LogP contribution in [0.4, 0.5) is 4.39 Å². The molecule has 0 saturated heterocycles. The number of aromatic nitrogens is 1. The standard InChI is InChI=1S/C20H17FN2O2S2.ClH/c1-22-12-14-11-18(15-5-2-3-6-17(15)21)23(13-14)27(24,25)20-8-4-7-19-16(20)9-10-26-19;/h2-11,13,22H,12H2,1H3;1H. The molecule has 0 fully saturated rings. The zero-order valence-electron chi connectivity index (χ0n) is 14.9. The van der Waals surface area contributed by atoms with Gasteiger partial charge in [-0.25, -0.2) is 16.8 Å². The molecule has 0 saturated carbocycles. The van der Waals surface area contributed by atoms with Crippen LogP contribution in [0.15, 0.2) is 71.1 Å². The van der Waals surface area contributed by atoms with Crippen LogP contribution in [-0.2, 0) is 16.6 Å². The highest BCUT2D eigenvalue weighted by Gasteiger charge is 2.25. The van der Waals surface area contributed by atoms with Crippen molar-refractivity contribution >= 4 is 43.9 Å². The molecule has 2 heterocycles. The highest BCUT2D eigenvalue weighted by molar-refractivity contribution is 7.90. The van der Waals surface area contributed by atoms with Gasteiger partial charge in [-0.15, -0.1) is 23.7 Å². The number of nitrogens with zero attached hydrogens (tertiary/aromatic N) is 1. The van der Waals surface area contributed by atoms with Crippen molar-refractivity contribution in [2.45, 2.75) is 11.4 Å². The molecule has 2 aromatic carbocycles. The minimum atomic E-state index is -3.90. The second-order valence-corrected chi connectivity index (χ2v) is 8.86. The van der Waals surface area contributed by atoms with Crippen LogP contribution >= 0.6 is 23.7 Å². The fourth-order valence-electron chi connectivity index (χ4n) is 3.16. The molecule has 146 valence electrons. The highest BCUT2D eigenvalue weighted by atomic mass is 35.5. The highest BCUT2D eigenvalue weighted by Crippen LogP contribution is 2.33. The van der Waals surface area contributed by atoms with Crippen molar-refractivity contribution in [2.24, 2.45) is 0 Å². The lowest BCUT2D eigenvalue weighted by atomic mass is 10.1. The van der Waals surface area contributed by atoms with Gasteiger partial charge in [-0.05, 0) is 54.4 Å². The van der Waals surface area contributed by atoms with Gasteiger partial charge < -0.3 is 5.32 Å². The fraction of sp³-hybridized carbons (Fsp3) is 0.100. The van der Waals surface area contributed by atoms with E-state index in [9.17, 15) is 12.8 Å². The first-order valence-electron chi connectivity index (χ1n) is 8.35. The summed E-state index contributed by atoms with van der Waals surface area (Å²) in [5, 5.41) is 5.54. The third-order valence-electron chi connectivity index (χ3n) is 4.37. The minimum Gasteiger partial charge on any atom is -0.316 e. The summed E-state index contributed by atoms with van der Waals surface area (Å²) in [6.07, 6.45) is 1.55. The summed E-state index contributed by atoms with van der Waals surface area (Å²) < 4.78 is 43.5. The van der Waals surface area contributed by atoms with Gasteiger partial charge >= 0.3 is 0 Å². The zero-order chi connectivity index (χ0) is 19.0. The van der Waals surface area contributed by atoms with E-state index in [1.54, 1.807) is 55.7 Å². The molecule has 0 amide bonds. The Balaban J connectivity index is 0.00000225. The molecule has 0 unspecified atom stereocenters. The van der Waals surface area contributed by atoms with Crippen molar-refractivity contribution in [2.75, 3.05) is 7.05 Å². The monoisotopic (exact) mass is 436 g/mol. The minimum absolute atomic E-state index is 0. The molecular weight excluding hydrogens is 419 g/mol. The fourth-order valence-corrected chi connectivity index (χ4v) is 5.64. The van der Waals surface area contributed by atoms with E-state index in [0.717, 1.165) is 10.3 Å². The maximum atomic E-state index is 14.4. The van der Waals surface area contributed by atoms with Gasteiger partial charge in [0.05, 0.1) is 10.6 Å². The Morgan fingerprint density at radius 2 is 1.89 bits per heavy atom. The summed E-state index contributed by atoms with van der Waals surface area (Å²) in [5.74, 6) is -0.461. The summed E-state index contributed by atoms with van der Waals surface area (Å²) in [7, 11) is -2.12. The molecule has 4 nitrogen and oxygen atoms in total. The normalized spacial score (nSPS) is 11.5. The summed E-state index contributed by atoms with van der Waals surface area (Å²) in [5.41, 5.74) is 1.32. The van der Waals surface area contributed by atoms with Crippen molar-refractivity contribution in [3.63, 3.8) is 0 Å². The third kappa shape index (κ3) is 3.46. The van der Waals surface area contributed by atoms with Crippen molar-refractivity contribution in [1.82, 2.24) is 9.29 Å². The molecule has 0 aliphatic carbocycles. The van der Waals surface area contributed by atoms with E-state index in [2.05, 4.69) is 5.32 Å². The molecule has 0 aliphatic heterocycles. The van der Waals surface area contributed by atoms with Gasteiger partial charge in [-0.3, -0.25) is 0 Å². The second kappa shape index (κ2) is 8.05. The Labute approximate surface area is 173 Å². The average Bonchev–Trinajstić information content (AvgIpc) is 3.29. The number of thiophene rings is 1. The van der Waals surface area contributed by atoms with Crippen LogP contribution < -0.4 is 5.32 Å². The SMILES string of the molecule is CNCc1cc(-c2ccccc2F)n(S(=O)(=O)c2cccc3sccc23)c1.Cl. The van der Waals surface area contributed by atoms with Crippen molar-refractivity contribution in [3.8, 4) is 11.3 Å². The van der Waals surface area contributed by atoms with Gasteiger partial charge in [-0.2, -0.15) is 0 Å². The molecule has 0 aliphatic rings. The predicted octanol–water partition coefficient (Wildman–Crippen LogP) is 4.89. The van der Waals surface area contributed by atoms with Gasteiger partial charge in [0, 0.05) is 28.4 Å². The lowest BCUT2D eigenvalue weighted by Crippen LogP contribution is -2.14. The maximum Gasteiger partial charge on any atom is 0.268 e. The first-order valence-corrected chi connectivity index (χ1v) is 10.7. The van der Waals surface area contributed by atoms with Gasteiger partial charge in [0.25, 0.3) is 10.0 Å². The largest absolute Gasteiger partial charge is 0.316 e. The van der Waals surface area contributed by atoms with E-state index >= 15 is 0 Å². The summed E-state index contributed by atoms with van der Waals surface area (Å²) in [6, 6.07) is 14.9. The number of halogens is 2. The van der Waals surface area contributed by atoms with Gasteiger partial charge in [-0.1, -0.05) is 18.2 Å². The third-order valence-corrected chi connectivity index (χ3v) is 6.98. The van der Waals surface area contributed by atoms with Crippen LogP contribution in [0.1, 0.15) is 5.56 Å². The van der Waals surface area contributed by atoms with Crippen LogP contribution in [-0.4, -0.2) is 19.4 Å². The Morgan fingerprint density at radius 1 is 1.11 bits per heavy atom. The molecule has 0 atom stereocenters. The van der Waals surface area contributed by atoms with E-state index in [1.165, 1.54) is 21.4 Å². The smallest absolute Gasteiger partial charge is 0.268 e. The summed E-state index contributed by atoms with van der Waals surface area (Å²) in [4.78, 5) is 0.213. The predicted molar refractivity (Wildman–Crippen MR) is 114 cm³/mol. The molecule has 1 N–H and O–H groups in total.